The molecule has 0 N–H and O–H groups in total. The number of rotatable bonds is 0. The number of hydrogen-bond donors (Lipinski definition) is 0. The molecule has 0 nitrogen and oxygen atoms in total. The van der Waals surface area contributed by atoms with E-state index in [1.54, 1.807) is 6.92 Å². The zero-order chi connectivity index (χ0) is 8.24. The van der Waals surface area contributed by atoms with Crippen molar-refractivity contribution in [1.29, 1.82) is 0 Å². The van der Waals surface area contributed by atoms with E-state index in [2.05, 4.69) is 13.0 Å². The van der Waals surface area contributed by atoms with E-state index in [4.69, 9.17) is 0 Å². The molecule has 0 amide bonds. The Bertz CT molecular complexity index is 82.8. The third kappa shape index (κ3) is 82.2. The molecular weight excluding hydrogens is 415 g/mol. The van der Waals surface area contributed by atoms with Crippen LogP contribution >= 0.6 is 0 Å². The van der Waals surface area contributed by atoms with Crippen LogP contribution in [0.3, 0.4) is 0 Å². The fourth-order valence-corrected chi connectivity index (χ4v) is 0.342. The third-order valence-electron chi connectivity index (χ3n) is 0.607. The van der Waals surface area contributed by atoms with Gasteiger partial charge >= 0.3 is 39.6 Å². The smallest absolute Gasteiger partial charge is 0.358 e. The van der Waals surface area contributed by atoms with Gasteiger partial charge in [0.25, 0.3) is 0 Å². The molecule has 1 aromatic carbocycles. The largest absolute Gasteiger partial charge is 2.00 e. The maximum atomic E-state index is 3.25. The molecule has 0 saturated heterocycles. The van der Waals surface area contributed by atoms with Crippen molar-refractivity contribution in [3.8, 4) is 0 Å². The van der Waals surface area contributed by atoms with E-state index >= 15 is 0 Å². The summed E-state index contributed by atoms with van der Waals surface area (Å²) in [5.41, 5.74) is 0. The summed E-state index contributed by atoms with van der Waals surface area (Å²) in [6.45, 7) is 9.00. The Labute approximate surface area is 140 Å². The van der Waals surface area contributed by atoms with Gasteiger partial charge in [-0.05, 0) is 0 Å². The summed E-state index contributed by atoms with van der Waals surface area (Å²) < 4.78 is 0. The van der Waals surface area contributed by atoms with Crippen molar-refractivity contribution < 1.29 is 39.6 Å². The molecule has 1 rings (SSSR count). The molecule has 1 aromatic rings. The first-order valence-corrected chi connectivity index (χ1v) is 3.62. The molecule has 2 heteroatoms. The fraction of sp³-hybridized carbons (Fsp3) is 0.400. The van der Waals surface area contributed by atoms with Crippen LogP contribution in [0.1, 0.15) is 43.1 Å². The molecule has 0 saturated carbocycles. The Morgan fingerprint density at radius 2 is 1.00 bits per heavy atom. The predicted octanol–water partition coefficient (Wildman–Crippen LogP) is 6.16. The molecule has 0 atom stereocenters. The second kappa shape index (κ2) is 93.9. The molecule has 0 aromatic heterocycles. The Morgan fingerprint density at radius 1 is 0.765 bits per heavy atom. The quantitative estimate of drug-likeness (QED) is 0.417. The van der Waals surface area contributed by atoms with Crippen LogP contribution in [0.25, 0.3) is 0 Å². The van der Waals surface area contributed by atoms with E-state index in [1.807, 2.05) is 44.2 Å². The molecule has 0 aliphatic carbocycles. The van der Waals surface area contributed by atoms with E-state index in [-0.39, 0.29) is 76.8 Å². The maximum Gasteiger partial charge on any atom is 2.00 e. The van der Waals surface area contributed by atoms with Crippen LogP contribution in [-0.2, 0) is 39.6 Å². The minimum atomic E-state index is 0. The maximum absolute atomic E-state index is 3.25. The van der Waals surface area contributed by atoms with Gasteiger partial charge < -0.3 is 21.8 Å². The molecule has 0 heterocycles. The van der Waals surface area contributed by atoms with Gasteiger partial charge in [-0.15, -0.1) is 0 Å². The minimum Gasteiger partial charge on any atom is -0.358 e. The molecule has 0 aliphatic heterocycles. The van der Waals surface area contributed by atoms with Gasteiger partial charge in [0.15, 0.2) is 0 Å². The van der Waals surface area contributed by atoms with Crippen LogP contribution in [-0.4, -0.2) is 0 Å². The summed E-state index contributed by atoms with van der Waals surface area (Å²) in [6.07, 6.45) is 0. The van der Waals surface area contributed by atoms with Crippen molar-refractivity contribution in [2.45, 2.75) is 43.1 Å². The minimum absolute atomic E-state index is 0. The average Bonchev–Trinajstić information content (AvgIpc) is 2.14. The molecule has 0 aliphatic rings. The van der Waals surface area contributed by atoms with Crippen LogP contribution < -0.4 is 0 Å². The predicted molar refractivity (Wildman–Crippen MR) is 80.7 cm³/mol. The van der Waals surface area contributed by atoms with Crippen molar-refractivity contribution >= 4 is 0 Å². The molecule has 0 fully saturated rings. The van der Waals surface area contributed by atoms with E-state index in [0.717, 1.165) is 0 Å². The van der Waals surface area contributed by atoms with Crippen molar-refractivity contribution in [3.63, 3.8) is 0 Å². The van der Waals surface area contributed by atoms with Crippen LogP contribution in [0.5, 0.6) is 0 Å². The van der Waals surface area contributed by atoms with Gasteiger partial charge in [0.2, 0.25) is 0 Å². The second-order valence-electron chi connectivity index (χ2n) is 1.08. The first kappa shape index (κ1) is 66.0. The molecule has 1 radical (unpaired) electrons. The Kier molecular flexibility index (Phi) is 364. The second-order valence-corrected chi connectivity index (χ2v) is 1.08. The zero-order valence-electron chi connectivity index (χ0n) is 9.95. The Hall–Kier alpha value is 0.493. The van der Waals surface area contributed by atoms with Crippen molar-refractivity contribution in [1.82, 2.24) is 0 Å². The zero-order valence-corrected chi connectivity index (χ0v) is 14.3. The van der Waals surface area contributed by atoms with Crippen molar-refractivity contribution in [2.24, 2.45) is 0 Å². The van der Waals surface area contributed by atoms with Gasteiger partial charge in [0, 0.05) is 0 Å². The SMILES string of the molecule is C.C.C.CC.[CH2-]C.[CH3-].[CH3-].[V+2].[W+2].[c-]1ccccc1. The summed E-state index contributed by atoms with van der Waals surface area (Å²) in [7, 11) is 0. The van der Waals surface area contributed by atoms with Gasteiger partial charge in [-0.3, -0.25) is 0 Å². The topological polar surface area (TPSA) is 0 Å². The molecule has 17 heavy (non-hydrogen) atoms. The summed E-state index contributed by atoms with van der Waals surface area (Å²) in [5.74, 6) is 0. The first-order valence-electron chi connectivity index (χ1n) is 3.62. The monoisotopic (exact) mass is 449 g/mol. The number of hydrogen-bond acceptors (Lipinski definition) is 0. The van der Waals surface area contributed by atoms with Crippen LogP contribution in [0.15, 0.2) is 30.3 Å². The van der Waals surface area contributed by atoms with E-state index in [1.165, 1.54) is 0 Å². The van der Waals surface area contributed by atoms with Crippen molar-refractivity contribution in [2.75, 3.05) is 0 Å². The summed E-state index contributed by atoms with van der Waals surface area (Å²) in [6, 6.07) is 12.5. The van der Waals surface area contributed by atoms with Gasteiger partial charge in [-0.1, -0.05) is 36.1 Å². The van der Waals surface area contributed by atoms with E-state index in [9.17, 15) is 0 Å². The van der Waals surface area contributed by atoms with Gasteiger partial charge in [0.1, 0.15) is 0 Å². The van der Waals surface area contributed by atoms with Crippen LogP contribution in [0.2, 0.25) is 0 Å². The van der Waals surface area contributed by atoms with Gasteiger partial charge in [-0.25, -0.2) is 0 Å². The standard InChI is InChI=1S/C6H5.C2H6.C2H5.3CH4.2CH3.V.W/c1-2-4-6-5-3-1;2*1-2;;;;;;;/h1-5H;1-2H3;1H2,2H3;3*1H4;2*1H3;;/q-1;;-1;;;;2*-1;2*+2. The Balaban J connectivity index is -0.00000000776. The van der Waals surface area contributed by atoms with E-state index < -0.39 is 0 Å². The molecular formula is C15H34VW. The summed E-state index contributed by atoms with van der Waals surface area (Å²) >= 11 is 0. The fourth-order valence-electron chi connectivity index (χ4n) is 0.342. The summed E-state index contributed by atoms with van der Waals surface area (Å²) in [5, 5.41) is 0. The average molecular weight is 449 g/mol. The third-order valence-corrected chi connectivity index (χ3v) is 0.607. The molecule has 0 unspecified atom stereocenters. The molecule has 0 spiro atoms. The summed E-state index contributed by atoms with van der Waals surface area (Å²) in [4.78, 5) is 0. The van der Waals surface area contributed by atoms with Crippen molar-refractivity contribution in [3.05, 3.63) is 58.2 Å². The number of benzene rings is 1. The van der Waals surface area contributed by atoms with Gasteiger partial charge in [-0.2, -0.15) is 43.3 Å². The first-order chi connectivity index (χ1) is 5.00. The van der Waals surface area contributed by atoms with E-state index in [0.29, 0.717) is 0 Å². The Morgan fingerprint density at radius 3 is 1.06 bits per heavy atom. The molecule has 105 valence electrons. The normalized spacial score (nSPS) is 3.53. The van der Waals surface area contributed by atoms with Crippen LogP contribution in [0.4, 0.5) is 0 Å². The molecule has 0 bridgehead atoms. The van der Waals surface area contributed by atoms with Gasteiger partial charge in [0.05, 0.1) is 0 Å². The van der Waals surface area contributed by atoms with Crippen LogP contribution in [0, 0.1) is 27.8 Å².